The molecule has 0 saturated carbocycles. The van der Waals surface area contributed by atoms with E-state index in [9.17, 15) is 20.0 Å². The highest BCUT2D eigenvalue weighted by Crippen LogP contribution is 2.27. The molecule has 0 aliphatic carbocycles. The fourth-order valence-corrected chi connectivity index (χ4v) is 1.98. The average Bonchev–Trinajstić information content (AvgIpc) is 2.56. The first kappa shape index (κ1) is 16.9. The number of para-hydroxylation sites is 1. The van der Waals surface area contributed by atoms with Gasteiger partial charge in [0.1, 0.15) is 0 Å². The van der Waals surface area contributed by atoms with Gasteiger partial charge in [-0.15, -0.1) is 0 Å². The van der Waals surface area contributed by atoms with Gasteiger partial charge in [-0.05, 0) is 25.1 Å². The molecule has 0 heterocycles. The van der Waals surface area contributed by atoms with Crippen LogP contribution in [0.2, 0.25) is 0 Å². The zero-order valence-electron chi connectivity index (χ0n) is 13.0. The number of nitro groups is 1. The van der Waals surface area contributed by atoms with E-state index < -0.39 is 10.8 Å². The van der Waals surface area contributed by atoms with E-state index in [1.54, 1.807) is 25.1 Å². The summed E-state index contributed by atoms with van der Waals surface area (Å²) in [6.07, 6.45) is 1.25. The summed E-state index contributed by atoms with van der Waals surface area (Å²) in [7, 11) is 1.42. The number of benzene rings is 2. The highest BCUT2D eigenvalue weighted by Gasteiger charge is 2.14. The molecule has 0 aliphatic heterocycles. The molecule has 8 heteroatoms. The molecule has 124 valence electrons. The number of hydrogen-bond donors (Lipinski definition) is 2. The maximum atomic E-state index is 12.0. The van der Waals surface area contributed by atoms with Crippen molar-refractivity contribution >= 4 is 17.8 Å². The van der Waals surface area contributed by atoms with E-state index in [0.717, 1.165) is 0 Å². The molecule has 8 nitrogen and oxygen atoms in total. The molecular weight excluding hydrogens is 314 g/mol. The van der Waals surface area contributed by atoms with Crippen molar-refractivity contribution in [2.24, 2.45) is 5.10 Å². The van der Waals surface area contributed by atoms with E-state index in [1.165, 1.54) is 31.5 Å². The number of hydrazone groups is 1. The Morgan fingerprint density at radius 1 is 1.38 bits per heavy atom. The molecule has 0 spiro atoms. The number of amides is 1. The molecule has 0 radical (unpaired) electrons. The largest absolute Gasteiger partial charge is 0.504 e. The fourth-order valence-electron chi connectivity index (χ4n) is 1.98. The number of phenols is 1. The Morgan fingerprint density at radius 3 is 2.79 bits per heavy atom. The SMILES string of the molecule is COc1cccc(/C=N\NC(=O)c2ccc(C)c([N+](=O)[O-])c2)c1O. The van der Waals surface area contributed by atoms with Crippen molar-refractivity contribution in [1.29, 1.82) is 0 Å². The third-order valence-corrected chi connectivity index (χ3v) is 3.29. The van der Waals surface area contributed by atoms with Gasteiger partial charge in [-0.2, -0.15) is 5.10 Å². The van der Waals surface area contributed by atoms with Crippen molar-refractivity contribution in [3.8, 4) is 11.5 Å². The summed E-state index contributed by atoms with van der Waals surface area (Å²) in [4.78, 5) is 22.3. The first-order valence-corrected chi connectivity index (χ1v) is 6.88. The molecule has 2 aromatic carbocycles. The fraction of sp³-hybridized carbons (Fsp3) is 0.125. The van der Waals surface area contributed by atoms with Gasteiger partial charge in [0.05, 0.1) is 18.2 Å². The number of aromatic hydroxyl groups is 1. The number of carbonyl (C=O) groups is 1. The molecule has 0 aliphatic rings. The van der Waals surface area contributed by atoms with Crippen molar-refractivity contribution in [2.45, 2.75) is 6.92 Å². The first-order valence-electron chi connectivity index (χ1n) is 6.88. The summed E-state index contributed by atoms with van der Waals surface area (Å²) in [6, 6.07) is 8.97. The lowest BCUT2D eigenvalue weighted by Crippen LogP contribution is -2.17. The van der Waals surface area contributed by atoms with Crippen LogP contribution in [0.5, 0.6) is 11.5 Å². The summed E-state index contributed by atoms with van der Waals surface area (Å²) in [5.41, 5.74) is 3.03. The van der Waals surface area contributed by atoms with Crippen molar-refractivity contribution in [2.75, 3.05) is 7.11 Å². The Hall–Kier alpha value is -3.42. The van der Waals surface area contributed by atoms with Gasteiger partial charge in [-0.3, -0.25) is 14.9 Å². The van der Waals surface area contributed by atoms with Gasteiger partial charge in [0.25, 0.3) is 11.6 Å². The minimum Gasteiger partial charge on any atom is -0.504 e. The van der Waals surface area contributed by atoms with Crippen LogP contribution in [0.25, 0.3) is 0 Å². The number of methoxy groups -OCH3 is 1. The van der Waals surface area contributed by atoms with E-state index in [4.69, 9.17) is 4.74 Å². The smallest absolute Gasteiger partial charge is 0.273 e. The number of nitro benzene ring substituents is 1. The third-order valence-electron chi connectivity index (χ3n) is 3.29. The van der Waals surface area contributed by atoms with E-state index >= 15 is 0 Å². The van der Waals surface area contributed by atoms with Crippen molar-refractivity contribution in [3.63, 3.8) is 0 Å². The van der Waals surface area contributed by atoms with Crippen LogP contribution < -0.4 is 10.2 Å². The predicted octanol–water partition coefficient (Wildman–Crippen LogP) is 2.38. The molecule has 0 bridgehead atoms. The molecule has 2 N–H and O–H groups in total. The zero-order valence-corrected chi connectivity index (χ0v) is 13.0. The summed E-state index contributed by atoms with van der Waals surface area (Å²) in [5.74, 6) is -0.430. The Kier molecular flexibility index (Phi) is 5.10. The summed E-state index contributed by atoms with van der Waals surface area (Å²) >= 11 is 0. The average molecular weight is 329 g/mol. The Labute approximate surface area is 137 Å². The van der Waals surface area contributed by atoms with E-state index in [0.29, 0.717) is 11.1 Å². The van der Waals surface area contributed by atoms with Crippen LogP contribution in [-0.4, -0.2) is 29.3 Å². The molecule has 0 aromatic heterocycles. The van der Waals surface area contributed by atoms with Crippen molar-refractivity contribution in [3.05, 3.63) is 63.2 Å². The molecule has 1 amide bonds. The monoisotopic (exact) mass is 329 g/mol. The number of hydrogen-bond acceptors (Lipinski definition) is 6. The Morgan fingerprint density at radius 2 is 2.12 bits per heavy atom. The molecule has 2 rings (SSSR count). The minimum atomic E-state index is -0.600. The number of phenolic OH excluding ortho intramolecular Hbond substituents is 1. The van der Waals surface area contributed by atoms with E-state index in [-0.39, 0.29) is 22.7 Å². The van der Waals surface area contributed by atoms with Crippen LogP contribution >= 0.6 is 0 Å². The number of ether oxygens (including phenoxy) is 1. The summed E-state index contributed by atoms with van der Waals surface area (Å²) in [6.45, 7) is 1.59. The van der Waals surface area contributed by atoms with Crippen LogP contribution in [0.3, 0.4) is 0 Å². The second kappa shape index (κ2) is 7.23. The Bertz CT molecular complexity index is 817. The van der Waals surface area contributed by atoms with Gasteiger partial charge in [0.2, 0.25) is 0 Å². The van der Waals surface area contributed by atoms with Gasteiger partial charge >= 0.3 is 0 Å². The molecule has 24 heavy (non-hydrogen) atoms. The predicted molar refractivity (Wildman–Crippen MR) is 87.6 cm³/mol. The van der Waals surface area contributed by atoms with Crippen LogP contribution in [0.15, 0.2) is 41.5 Å². The van der Waals surface area contributed by atoms with Gasteiger partial charge in [-0.1, -0.05) is 12.1 Å². The maximum Gasteiger partial charge on any atom is 0.273 e. The van der Waals surface area contributed by atoms with Gasteiger partial charge in [0, 0.05) is 22.8 Å². The summed E-state index contributed by atoms with van der Waals surface area (Å²) < 4.78 is 4.97. The van der Waals surface area contributed by atoms with Crippen LogP contribution in [0, 0.1) is 17.0 Å². The standard InChI is InChI=1S/C16H15N3O5/c1-10-6-7-11(8-13(10)19(22)23)16(21)18-17-9-12-4-3-5-14(24-2)15(12)20/h3-9,20H,1-2H3,(H,18,21)/b17-9-. The van der Waals surface area contributed by atoms with E-state index in [1.807, 2.05) is 0 Å². The van der Waals surface area contributed by atoms with Crippen molar-refractivity contribution < 1.29 is 19.6 Å². The third kappa shape index (κ3) is 3.67. The van der Waals surface area contributed by atoms with E-state index in [2.05, 4.69) is 10.5 Å². The highest BCUT2D eigenvalue weighted by atomic mass is 16.6. The molecule has 0 fully saturated rings. The minimum absolute atomic E-state index is 0.107. The molecule has 0 atom stereocenters. The number of nitrogens with one attached hydrogen (secondary N) is 1. The van der Waals surface area contributed by atoms with Crippen LogP contribution in [0.4, 0.5) is 5.69 Å². The second-order valence-electron chi connectivity index (χ2n) is 4.86. The normalized spacial score (nSPS) is 10.6. The van der Waals surface area contributed by atoms with Crippen LogP contribution in [0.1, 0.15) is 21.5 Å². The van der Waals surface area contributed by atoms with Crippen molar-refractivity contribution in [1.82, 2.24) is 5.43 Å². The topological polar surface area (TPSA) is 114 Å². The molecular formula is C16H15N3O5. The highest BCUT2D eigenvalue weighted by molar-refractivity contribution is 5.95. The molecule has 2 aromatic rings. The number of aryl methyl sites for hydroxylation is 1. The number of nitrogens with zero attached hydrogens (tertiary/aromatic N) is 2. The quantitative estimate of drug-likeness (QED) is 0.496. The number of carbonyl (C=O) groups excluding carboxylic acids is 1. The zero-order chi connectivity index (χ0) is 17.7. The first-order chi connectivity index (χ1) is 11.4. The van der Waals surface area contributed by atoms with Gasteiger partial charge in [0.15, 0.2) is 11.5 Å². The second-order valence-corrected chi connectivity index (χ2v) is 4.86. The molecule has 0 saturated heterocycles. The maximum absolute atomic E-state index is 12.0. The summed E-state index contributed by atoms with van der Waals surface area (Å²) in [5, 5.41) is 24.5. The van der Waals surface area contributed by atoms with Gasteiger partial charge < -0.3 is 9.84 Å². The molecule has 0 unspecified atom stereocenters. The Balaban J connectivity index is 2.14. The number of rotatable bonds is 5. The van der Waals surface area contributed by atoms with Crippen LogP contribution in [-0.2, 0) is 0 Å². The lowest BCUT2D eigenvalue weighted by atomic mass is 10.1. The lowest BCUT2D eigenvalue weighted by Gasteiger charge is -2.05. The van der Waals surface area contributed by atoms with Gasteiger partial charge in [-0.25, -0.2) is 5.43 Å². The lowest BCUT2D eigenvalue weighted by molar-refractivity contribution is -0.385.